The molecule has 2 N–H and O–H groups in total. The van der Waals surface area contributed by atoms with Crippen LogP contribution in [0.5, 0.6) is 0 Å². The summed E-state index contributed by atoms with van der Waals surface area (Å²) in [4.78, 5) is 13.4. The fraction of sp³-hybridized carbons (Fsp3) is 0.100. The van der Waals surface area contributed by atoms with E-state index in [0.29, 0.717) is 5.69 Å². The second-order valence-corrected chi connectivity index (χ2v) is 4.94. The van der Waals surface area contributed by atoms with E-state index in [-0.39, 0.29) is 5.02 Å². The lowest BCUT2D eigenvalue weighted by molar-refractivity contribution is 0.987. The van der Waals surface area contributed by atoms with Crippen LogP contribution in [0.3, 0.4) is 0 Å². The first-order chi connectivity index (χ1) is 8.16. The topological polar surface area (TPSA) is 70.1 Å². The molecule has 0 spiro atoms. The third-order valence-electron chi connectivity index (χ3n) is 1.93. The molecule has 0 unspecified atom stereocenters. The summed E-state index contributed by atoms with van der Waals surface area (Å²) < 4.78 is 0. The van der Waals surface area contributed by atoms with Gasteiger partial charge in [-0.25, -0.2) is 5.10 Å². The molecular weight excluding hydrogens is 260 g/mol. The van der Waals surface area contributed by atoms with Gasteiger partial charge in [-0.05, 0) is 19.1 Å². The van der Waals surface area contributed by atoms with E-state index in [1.165, 1.54) is 11.1 Å². The Morgan fingerprint density at radius 2 is 2.41 bits per heavy atom. The molecule has 0 aliphatic carbocycles. The third-order valence-corrected chi connectivity index (χ3v) is 3.24. The SMILES string of the molecule is Cc1ccc(/C=N\Nc2cn[nH]c(=O)c2Cl)s1. The lowest BCUT2D eigenvalue weighted by Gasteiger charge is -1.99. The van der Waals surface area contributed by atoms with Crippen LogP contribution in [-0.4, -0.2) is 16.4 Å². The van der Waals surface area contributed by atoms with Crippen LogP contribution in [0.2, 0.25) is 5.02 Å². The molecule has 7 heteroatoms. The minimum atomic E-state index is -0.446. The first kappa shape index (κ1) is 11.8. The molecule has 0 atom stereocenters. The lowest BCUT2D eigenvalue weighted by atomic mass is 10.4. The first-order valence-electron chi connectivity index (χ1n) is 4.75. The van der Waals surface area contributed by atoms with E-state index < -0.39 is 5.56 Å². The molecule has 2 aromatic rings. The Kier molecular flexibility index (Phi) is 3.55. The Morgan fingerprint density at radius 1 is 1.59 bits per heavy atom. The van der Waals surface area contributed by atoms with Crippen molar-refractivity contribution in [2.75, 3.05) is 5.43 Å². The van der Waals surface area contributed by atoms with Crippen LogP contribution >= 0.6 is 22.9 Å². The zero-order valence-corrected chi connectivity index (χ0v) is 10.5. The summed E-state index contributed by atoms with van der Waals surface area (Å²) in [6.07, 6.45) is 3.07. The Bertz CT molecular complexity index is 604. The van der Waals surface area contributed by atoms with Crippen molar-refractivity contribution in [3.63, 3.8) is 0 Å². The fourth-order valence-corrected chi connectivity index (χ4v) is 2.03. The van der Waals surface area contributed by atoms with Crippen molar-refractivity contribution in [3.8, 4) is 0 Å². The number of hydrogen-bond acceptors (Lipinski definition) is 5. The number of anilines is 1. The van der Waals surface area contributed by atoms with Gasteiger partial charge in [-0.3, -0.25) is 10.2 Å². The first-order valence-corrected chi connectivity index (χ1v) is 5.95. The maximum atomic E-state index is 11.1. The number of nitrogens with one attached hydrogen (secondary N) is 2. The highest BCUT2D eigenvalue weighted by Gasteiger charge is 2.02. The summed E-state index contributed by atoms with van der Waals surface area (Å²) in [5.74, 6) is 0. The standard InChI is InChI=1S/C10H9ClN4OS/c1-6-2-3-7(17-6)4-12-14-8-5-13-15-10(16)9(8)11/h2-5H,1H3,(H2,14,15,16)/b12-4-. The number of hydrogen-bond donors (Lipinski definition) is 2. The highest BCUT2D eigenvalue weighted by molar-refractivity contribution is 7.13. The van der Waals surface area contributed by atoms with Crippen molar-refractivity contribution in [3.05, 3.63) is 43.5 Å². The van der Waals surface area contributed by atoms with E-state index in [4.69, 9.17) is 11.6 Å². The Hall–Kier alpha value is -1.66. The third kappa shape index (κ3) is 2.92. The molecule has 5 nitrogen and oxygen atoms in total. The van der Waals surface area contributed by atoms with Crippen molar-refractivity contribution in [2.45, 2.75) is 6.92 Å². The molecule has 0 amide bonds. The minimum absolute atomic E-state index is 0.0412. The maximum absolute atomic E-state index is 11.1. The molecule has 0 radical (unpaired) electrons. The zero-order valence-electron chi connectivity index (χ0n) is 8.90. The predicted molar refractivity (Wildman–Crippen MR) is 70.1 cm³/mol. The number of halogens is 1. The number of thiophene rings is 1. The second-order valence-electron chi connectivity index (χ2n) is 3.25. The Labute approximate surface area is 106 Å². The van der Waals surface area contributed by atoms with Gasteiger partial charge >= 0.3 is 0 Å². The molecule has 17 heavy (non-hydrogen) atoms. The van der Waals surface area contributed by atoms with Crippen molar-refractivity contribution in [1.82, 2.24) is 10.2 Å². The van der Waals surface area contributed by atoms with Gasteiger partial charge < -0.3 is 0 Å². The summed E-state index contributed by atoms with van der Waals surface area (Å²) in [7, 11) is 0. The smallest absolute Gasteiger partial charge is 0.275 e. The summed E-state index contributed by atoms with van der Waals surface area (Å²) in [5.41, 5.74) is 2.60. The number of nitrogens with zero attached hydrogens (tertiary/aromatic N) is 2. The van der Waals surface area contributed by atoms with E-state index >= 15 is 0 Å². The molecule has 0 saturated heterocycles. The van der Waals surface area contributed by atoms with Gasteiger partial charge in [0, 0.05) is 9.75 Å². The number of hydrazone groups is 1. The molecule has 0 saturated carbocycles. The number of rotatable bonds is 3. The Morgan fingerprint density at radius 3 is 3.12 bits per heavy atom. The van der Waals surface area contributed by atoms with Gasteiger partial charge in [-0.15, -0.1) is 11.3 Å². The molecule has 0 aromatic carbocycles. The second kappa shape index (κ2) is 5.11. The molecule has 2 heterocycles. The van der Waals surface area contributed by atoms with Gasteiger partial charge in [0.05, 0.1) is 12.4 Å². The van der Waals surface area contributed by atoms with E-state index in [0.717, 1.165) is 4.88 Å². The summed E-state index contributed by atoms with van der Waals surface area (Å²) in [6, 6.07) is 3.97. The molecule has 88 valence electrons. The Balaban J connectivity index is 2.10. The van der Waals surface area contributed by atoms with Crippen LogP contribution in [-0.2, 0) is 0 Å². The monoisotopic (exact) mass is 268 g/mol. The predicted octanol–water partition coefficient (Wildman–Crippen LogP) is 2.24. The number of H-pyrrole nitrogens is 1. The minimum Gasteiger partial charge on any atom is -0.275 e. The number of aromatic amines is 1. The fourth-order valence-electron chi connectivity index (χ4n) is 1.15. The average molecular weight is 269 g/mol. The van der Waals surface area contributed by atoms with Crippen LogP contribution in [0, 0.1) is 6.92 Å². The van der Waals surface area contributed by atoms with Gasteiger partial charge in [0.2, 0.25) is 0 Å². The van der Waals surface area contributed by atoms with Gasteiger partial charge in [0.1, 0.15) is 10.7 Å². The van der Waals surface area contributed by atoms with Crippen LogP contribution in [0.15, 0.2) is 28.2 Å². The molecule has 0 aliphatic heterocycles. The maximum Gasteiger partial charge on any atom is 0.285 e. The highest BCUT2D eigenvalue weighted by atomic mass is 35.5. The van der Waals surface area contributed by atoms with Gasteiger partial charge in [-0.1, -0.05) is 11.6 Å². The van der Waals surface area contributed by atoms with E-state index in [2.05, 4.69) is 20.7 Å². The van der Waals surface area contributed by atoms with Gasteiger partial charge in [0.15, 0.2) is 0 Å². The molecule has 0 bridgehead atoms. The van der Waals surface area contributed by atoms with Crippen molar-refractivity contribution >= 4 is 34.8 Å². The van der Waals surface area contributed by atoms with Crippen LogP contribution in [0.4, 0.5) is 5.69 Å². The normalized spacial score (nSPS) is 10.9. The quantitative estimate of drug-likeness (QED) is 0.662. The summed E-state index contributed by atoms with van der Waals surface area (Å²) in [5, 5.41) is 9.87. The van der Waals surface area contributed by atoms with E-state index in [9.17, 15) is 4.79 Å². The van der Waals surface area contributed by atoms with E-state index in [1.54, 1.807) is 17.6 Å². The van der Waals surface area contributed by atoms with Crippen LogP contribution in [0.1, 0.15) is 9.75 Å². The number of aromatic nitrogens is 2. The zero-order chi connectivity index (χ0) is 12.3. The summed E-state index contributed by atoms with van der Waals surface area (Å²) >= 11 is 7.39. The molecule has 0 aliphatic rings. The largest absolute Gasteiger partial charge is 0.285 e. The van der Waals surface area contributed by atoms with Crippen LogP contribution < -0.4 is 11.0 Å². The van der Waals surface area contributed by atoms with Crippen molar-refractivity contribution < 1.29 is 0 Å². The highest BCUT2D eigenvalue weighted by Crippen LogP contribution is 2.15. The lowest BCUT2D eigenvalue weighted by Crippen LogP contribution is -2.09. The van der Waals surface area contributed by atoms with Crippen LogP contribution in [0.25, 0.3) is 0 Å². The van der Waals surface area contributed by atoms with Gasteiger partial charge in [-0.2, -0.15) is 10.2 Å². The van der Waals surface area contributed by atoms with Gasteiger partial charge in [0.25, 0.3) is 5.56 Å². The molecule has 0 fully saturated rings. The number of aryl methyl sites for hydroxylation is 1. The van der Waals surface area contributed by atoms with Crippen molar-refractivity contribution in [2.24, 2.45) is 5.10 Å². The molecule has 2 rings (SSSR count). The molecular formula is C10H9ClN4OS. The van der Waals surface area contributed by atoms with Crippen molar-refractivity contribution in [1.29, 1.82) is 0 Å². The average Bonchev–Trinajstić information content (AvgIpc) is 2.70. The summed E-state index contributed by atoms with van der Waals surface area (Å²) in [6.45, 7) is 2.02. The van der Waals surface area contributed by atoms with E-state index in [1.807, 2.05) is 19.1 Å². The molecule has 2 aromatic heterocycles.